The summed E-state index contributed by atoms with van der Waals surface area (Å²) in [6.07, 6.45) is -0.309. The summed E-state index contributed by atoms with van der Waals surface area (Å²) in [5, 5.41) is 2.74. The third kappa shape index (κ3) is 5.53. The van der Waals surface area contributed by atoms with Gasteiger partial charge < -0.3 is 14.8 Å². The molecule has 0 saturated heterocycles. The fourth-order valence-corrected chi connectivity index (χ4v) is 3.96. The van der Waals surface area contributed by atoms with Gasteiger partial charge in [-0.1, -0.05) is 54.6 Å². The van der Waals surface area contributed by atoms with E-state index in [0.717, 1.165) is 6.26 Å². The second-order valence-electron chi connectivity index (χ2n) is 6.88. The van der Waals surface area contributed by atoms with Gasteiger partial charge >= 0.3 is 5.97 Å². The lowest BCUT2D eigenvalue weighted by Gasteiger charge is -2.20. The number of hydrogen-bond acceptors (Lipinski definition) is 6. The summed E-state index contributed by atoms with van der Waals surface area (Å²) in [5.74, 6) is -1.05. The van der Waals surface area contributed by atoms with Crippen molar-refractivity contribution >= 4 is 27.4 Å². The van der Waals surface area contributed by atoms with Crippen molar-refractivity contribution in [2.24, 2.45) is 0 Å². The van der Waals surface area contributed by atoms with Crippen molar-refractivity contribution in [1.82, 2.24) is 0 Å². The molecule has 0 saturated carbocycles. The van der Waals surface area contributed by atoms with E-state index in [1.54, 1.807) is 54.6 Å². The van der Waals surface area contributed by atoms with Gasteiger partial charge in [-0.15, -0.1) is 0 Å². The zero-order valence-corrected chi connectivity index (χ0v) is 18.5. The summed E-state index contributed by atoms with van der Waals surface area (Å²) in [5.41, 5.74) is 0.718. The van der Waals surface area contributed by atoms with Gasteiger partial charge in [-0.3, -0.25) is 4.79 Å². The second kappa shape index (κ2) is 10.1. The molecule has 1 atom stereocenters. The van der Waals surface area contributed by atoms with Crippen LogP contribution in [0.25, 0.3) is 0 Å². The van der Waals surface area contributed by atoms with Crippen molar-refractivity contribution in [2.45, 2.75) is 17.9 Å². The van der Waals surface area contributed by atoms with Gasteiger partial charge in [0.05, 0.1) is 22.8 Å². The minimum absolute atomic E-state index is 0.140. The molecule has 0 aliphatic heterocycles. The van der Waals surface area contributed by atoms with Crippen LogP contribution in [-0.4, -0.2) is 33.2 Å². The number of esters is 1. The lowest BCUT2D eigenvalue weighted by atomic mass is 10.1. The molecule has 0 fully saturated rings. The Labute approximate surface area is 186 Å². The van der Waals surface area contributed by atoms with Gasteiger partial charge in [-0.25, -0.2) is 13.2 Å². The Bertz CT molecular complexity index is 1210. The predicted octanol–water partition coefficient (Wildman–Crippen LogP) is 4.03. The van der Waals surface area contributed by atoms with Crippen LogP contribution in [0.15, 0.2) is 83.8 Å². The number of sulfone groups is 1. The summed E-state index contributed by atoms with van der Waals surface area (Å²) in [4.78, 5) is 25.9. The van der Waals surface area contributed by atoms with E-state index in [4.69, 9.17) is 9.47 Å². The van der Waals surface area contributed by atoms with Crippen molar-refractivity contribution in [1.29, 1.82) is 0 Å². The van der Waals surface area contributed by atoms with E-state index in [1.807, 2.05) is 6.92 Å². The first-order valence-electron chi connectivity index (χ1n) is 9.89. The number of nitrogens with one attached hydrogen (secondary N) is 1. The highest BCUT2D eigenvalue weighted by Gasteiger charge is 2.28. The molecule has 0 aliphatic rings. The molecule has 0 spiro atoms. The van der Waals surface area contributed by atoms with Crippen molar-refractivity contribution in [2.75, 3.05) is 18.2 Å². The van der Waals surface area contributed by atoms with Gasteiger partial charge in [0.25, 0.3) is 5.91 Å². The zero-order chi connectivity index (χ0) is 23.1. The lowest BCUT2D eigenvalue weighted by molar-refractivity contribution is -0.125. The number of carbonyl (C=O) groups excluding carboxylic acids is 2. The van der Waals surface area contributed by atoms with Gasteiger partial charge in [0.2, 0.25) is 6.10 Å². The van der Waals surface area contributed by atoms with E-state index in [9.17, 15) is 18.0 Å². The number of rotatable bonds is 8. The van der Waals surface area contributed by atoms with Crippen molar-refractivity contribution < 1.29 is 27.5 Å². The molecule has 32 heavy (non-hydrogen) atoms. The molecule has 3 aromatic carbocycles. The minimum atomic E-state index is -3.68. The number of ether oxygens (including phenoxy) is 2. The fourth-order valence-electron chi connectivity index (χ4n) is 3.08. The van der Waals surface area contributed by atoms with Crippen molar-refractivity contribution in [3.63, 3.8) is 0 Å². The highest BCUT2D eigenvalue weighted by Crippen LogP contribution is 2.28. The van der Waals surface area contributed by atoms with E-state index in [-0.39, 0.29) is 10.5 Å². The van der Waals surface area contributed by atoms with E-state index in [1.165, 1.54) is 24.3 Å². The summed E-state index contributed by atoms with van der Waals surface area (Å²) in [7, 11) is -3.68. The topological polar surface area (TPSA) is 98.8 Å². The van der Waals surface area contributed by atoms with Gasteiger partial charge in [0.15, 0.2) is 9.84 Å². The van der Waals surface area contributed by atoms with Crippen LogP contribution in [0.5, 0.6) is 5.75 Å². The van der Waals surface area contributed by atoms with Crippen LogP contribution in [0.4, 0.5) is 5.69 Å². The molecule has 0 aliphatic carbocycles. The van der Waals surface area contributed by atoms with Crippen LogP contribution < -0.4 is 10.1 Å². The molecule has 1 N–H and O–H groups in total. The van der Waals surface area contributed by atoms with E-state index >= 15 is 0 Å². The van der Waals surface area contributed by atoms with E-state index in [2.05, 4.69) is 5.32 Å². The first-order valence-corrected chi connectivity index (χ1v) is 11.8. The standard InChI is InChI=1S/C24H23NO6S/c1-3-30-20-15-9-8-14-19(20)25-23(26)22(17-11-5-4-6-12-17)31-24(27)18-13-7-10-16-21(18)32(2,28)29/h4-16,22H,3H2,1-2H3,(H,25,26). The molecule has 0 bridgehead atoms. The summed E-state index contributed by atoms with van der Waals surface area (Å²) >= 11 is 0. The Morgan fingerprint density at radius 2 is 1.53 bits per heavy atom. The smallest absolute Gasteiger partial charge is 0.340 e. The lowest BCUT2D eigenvalue weighted by Crippen LogP contribution is -2.26. The fraction of sp³-hybridized carbons (Fsp3) is 0.167. The summed E-state index contributed by atoms with van der Waals surface area (Å²) in [6.45, 7) is 2.23. The van der Waals surface area contributed by atoms with Gasteiger partial charge in [0.1, 0.15) is 5.75 Å². The Kier molecular flexibility index (Phi) is 7.27. The predicted molar refractivity (Wildman–Crippen MR) is 120 cm³/mol. The molecular formula is C24H23NO6S. The van der Waals surface area contributed by atoms with Crippen LogP contribution >= 0.6 is 0 Å². The van der Waals surface area contributed by atoms with Crippen molar-refractivity contribution in [3.8, 4) is 5.75 Å². The maximum Gasteiger partial charge on any atom is 0.340 e. The van der Waals surface area contributed by atoms with Gasteiger partial charge in [0, 0.05) is 11.8 Å². The number of benzene rings is 3. The monoisotopic (exact) mass is 453 g/mol. The molecule has 1 amide bonds. The number of hydrogen-bond donors (Lipinski definition) is 1. The summed E-state index contributed by atoms with van der Waals surface area (Å²) in [6, 6.07) is 21.1. The Morgan fingerprint density at radius 1 is 0.906 bits per heavy atom. The second-order valence-corrected chi connectivity index (χ2v) is 8.87. The molecule has 1 unspecified atom stereocenters. The Balaban J connectivity index is 1.93. The largest absolute Gasteiger partial charge is 0.492 e. The molecular weight excluding hydrogens is 430 g/mol. The van der Waals surface area contributed by atoms with Crippen molar-refractivity contribution in [3.05, 3.63) is 90.0 Å². The maximum atomic E-state index is 13.2. The van der Waals surface area contributed by atoms with Gasteiger partial charge in [-0.2, -0.15) is 0 Å². The molecule has 7 nitrogen and oxygen atoms in total. The summed E-state index contributed by atoms with van der Waals surface area (Å²) < 4.78 is 35.2. The average molecular weight is 454 g/mol. The first kappa shape index (κ1) is 23.0. The highest BCUT2D eigenvalue weighted by molar-refractivity contribution is 7.90. The van der Waals surface area contributed by atoms with E-state index in [0.29, 0.717) is 23.6 Å². The highest BCUT2D eigenvalue weighted by atomic mass is 32.2. The number of amides is 1. The molecule has 0 heterocycles. The quantitative estimate of drug-likeness (QED) is 0.517. The Morgan fingerprint density at radius 3 is 2.22 bits per heavy atom. The van der Waals surface area contributed by atoms with Crippen LogP contribution in [0.2, 0.25) is 0 Å². The molecule has 3 aromatic rings. The van der Waals surface area contributed by atoms with Crippen LogP contribution in [-0.2, 0) is 19.4 Å². The van der Waals surface area contributed by atoms with Gasteiger partial charge in [-0.05, 0) is 31.2 Å². The van der Waals surface area contributed by atoms with E-state index < -0.39 is 27.8 Å². The minimum Gasteiger partial charge on any atom is -0.492 e. The molecule has 8 heteroatoms. The SMILES string of the molecule is CCOc1ccccc1NC(=O)C(OC(=O)c1ccccc1S(C)(=O)=O)c1ccccc1. The molecule has 166 valence electrons. The molecule has 0 aromatic heterocycles. The normalized spacial score (nSPS) is 11.9. The van der Waals surface area contributed by atoms with Crippen LogP contribution in [0.1, 0.15) is 28.9 Å². The molecule has 0 radical (unpaired) electrons. The number of para-hydroxylation sites is 2. The number of anilines is 1. The Hall–Kier alpha value is -3.65. The van der Waals surface area contributed by atoms with Crippen LogP contribution in [0.3, 0.4) is 0 Å². The number of carbonyl (C=O) groups is 2. The average Bonchev–Trinajstić information content (AvgIpc) is 2.78. The first-order chi connectivity index (χ1) is 15.3. The third-order valence-corrected chi connectivity index (χ3v) is 5.67. The van der Waals surface area contributed by atoms with Crippen LogP contribution in [0, 0.1) is 0 Å². The zero-order valence-electron chi connectivity index (χ0n) is 17.6. The third-order valence-electron chi connectivity index (χ3n) is 4.52. The maximum absolute atomic E-state index is 13.2. The molecule has 3 rings (SSSR count).